The molecule has 0 bridgehead atoms. The number of benzene rings is 2. The molecule has 0 aromatic heterocycles. The average Bonchev–Trinajstić information content (AvgIpc) is 3.14. The Morgan fingerprint density at radius 3 is 2.59 bits per heavy atom. The maximum atomic E-state index is 12.4. The molecule has 7 nitrogen and oxygen atoms in total. The fourth-order valence-corrected chi connectivity index (χ4v) is 3.95. The number of ether oxygens (including phenoxy) is 1. The molecule has 32 heavy (non-hydrogen) atoms. The molecule has 3 rings (SSSR count). The van der Waals surface area contributed by atoms with E-state index in [2.05, 4.69) is 26.6 Å². The number of hydrogen-bond donors (Lipinski definition) is 2. The van der Waals surface area contributed by atoms with E-state index < -0.39 is 0 Å². The summed E-state index contributed by atoms with van der Waals surface area (Å²) in [6.45, 7) is 4.80. The van der Waals surface area contributed by atoms with Crippen molar-refractivity contribution in [1.29, 1.82) is 0 Å². The number of carbonyl (C=O) groups excluding carboxylic acids is 3. The SMILES string of the molecule is CC(C)CNC(=O)[C@H]1CC(=O)N(c2ccc(OCC(=O)Nc3ccc(Br)cc3Cl)cc2)C1. The molecule has 0 saturated carbocycles. The molecule has 0 unspecified atom stereocenters. The number of anilines is 2. The molecule has 1 saturated heterocycles. The Labute approximate surface area is 200 Å². The van der Waals surface area contributed by atoms with Gasteiger partial charge in [0.1, 0.15) is 5.75 Å². The second-order valence-electron chi connectivity index (χ2n) is 8.00. The van der Waals surface area contributed by atoms with Crippen LogP contribution in [0.3, 0.4) is 0 Å². The zero-order valence-corrected chi connectivity index (χ0v) is 20.2. The summed E-state index contributed by atoms with van der Waals surface area (Å²) in [7, 11) is 0. The van der Waals surface area contributed by atoms with Gasteiger partial charge in [0.2, 0.25) is 11.8 Å². The molecule has 0 aliphatic carbocycles. The third-order valence-electron chi connectivity index (χ3n) is 4.90. The second-order valence-corrected chi connectivity index (χ2v) is 9.32. The van der Waals surface area contributed by atoms with Gasteiger partial charge in [0, 0.05) is 29.7 Å². The maximum absolute atomic E-state index is 12.4. The Hall–Kier alpha value is -2.58. The number of hydrogen-bond acceptors (Lipinski definition) is 4. The highest BCUT2D eigenvalue weighted by atomic mass is 79.9. The Balaban J connectivity index is 1.52. The molecule has 170 valence electrons. The highest BCUT2D eigenvalue weighted by Crippen LogP contribution is 2.28. The Morgan fingerprint density at radius 1 is 1.22 bits per heavy atom. The molecule has 3 amide bonds. The summed E-state index contributed by atoms with van der Waals surface area (Å²) in [4.78, 5) is 38.4. The highest BCUT2D eigenvalue weighted by Gasteiger charge is 2.35. The van der Waals surface area contributed by atoms with Crippen molar-refractivity contribution in [2.75, 3.05) is 29.9 Å². The zero-order valence-electron chi connectivity index (χ0n) is 17.9. The van der Waals surface area contributed by atoms with Gasteiger partial charge >= 0.3 is 0 Å². The molecule has 0 radical (unpaired) electrons. The highest BCUT2D eigenvalue weighted by molar-refractivity contribution is 9.10. The molecule has 1 aliphatic heterocycles. The van der Waals surface area contributed by atoms with Gasteiger partial charge in [0.05, 0.1) is 16.6 Å². The summed E-state index contributed by atoms with van der Waals surface area (Å²) < 4.78 is 6.35. The molecule has 1 fully saturated rings. The lowest BCUT2D eigenvalue weighted by Gasteiger charge is -2.17. The van der Waals surface area contributed by atoms with E-state index in [4.69, 9.17) is 16.3 Å². The molecule has 1 aliphatic rings. The van der Waals surface area contributed by atoms with E-state index in [9.17, 15) is 14.4 Å². The number of halogens is 2. The molecule has 2 aromatic carbocycles. The molecule has 1 heterocycles. The van der Waals surface area contributed by atoms with Gasteiger partial charge < -0.3 is 20.3 Å². The van der Waals surface area contributed by atoms with Gasteiger partial charge in [-0.15, -0.1) is 0 Å². The van der Waals surface area contributed by atoms with E-state index in [1.54, 1.807) is 47.4 Å². The predicted octanol–water partition coefficient (Wildman–Crippen LogP) is 4.25. The van der Waals surface area contributed by atoms with Crippen molar-refractivity contribution < 1.29 is 19.1 Å². The van der Waals surface area contributed by atoms with Gasteiger partial charge in [-0.05, 0) is 48.4 Å². The normalized spacial score (nSPS) is 15.7. The van der Waals surface area contributed by atoms with Crippen LogP contribution in [0.2, 0.25) is 5.02 Å². The van der Waals surface area contributed by atoms with Crippen molar-refractivity contribution in [1.82, 2.24) is 5.32 Å². The van der Waals surface area contributed by atoms with Crippen LogP contribution in [0.5, 0.6) is 5.75 Å². The van der Waals surface area contributed by atoms with Crippen LogP contribution in [0.15, 0.2) is 46.9 Å². The molecular formula is C23H25BrClN3O4. The van der Waals surface area contributed by atoms with Gasteiger partial charge in [-0.25, -0.2) is 0 Å². The zero-order chi connectivity index (χ0) is 23.3. The van der Waals surface area contributed by atoms with Gasteiger partial charge in [0.15, 0.2) is 6.61 Å². The van der Waals surface area contributed by atoms with Crippen molar-refractivity contribution in [3.63, 3.8) is 0 Å². The van der Waals surface area contributed by atoms with E-state index >= 15 is 0 Å². The quantitative estimate of drug-likeness (QED) is 0.543. The fourth-order valence-electron chi connectivity index (χ4n) is 3.23. The van der Waals surface area contributed by atoms with Gasteiger partial charge in [-0.1, -0.05) is 41.4 Å². The summed E-state index contributed by atoms with van der Waals surface area (Å²) in [6, 6.07) is 12.0. The van der Waals surface area contributed by atoms with Crippen molar-refractivity contribution in [2.45, 2.75) is 20.3 Å². The maximum Gasteiger partial charge on any atom is 0.262 e. The van der Waals surface area contributed by atoms with Gasteiger partial charge in [0.25, 0.3) is 5.91 Å². The van der Waals surface area contributed by atoms with Crippen LogP contribution >= 0.6 is 27.5 Å². The molecule has 2 aromatic rings. The Morgan fingerprint density at radius 2 is 1.94 bits per heavy atom. The van der Waals surface area contributed by atoms with E-state index in [0.29, 0.717) is 41.2 Å². The number of nitrogens with zero attached hydrogens (tertiary/aromatic N) is 1. The summed E-state index contributed by atoms with van der Waals surface area (Å²) in [5.41, 5.74) is 1.19. The van der Waals surface area contributed by atoms with Crippen molar-refractivity contribution in [2.24, 2.45) is 11.8 Å². The van der Waals surface area contributed by atoms with Gasteiger partial charge in [-0.2, -0.15) is 0 Å². The fraction of sp³-hybridized carbons (Fsp3) is 0.348. The van der Waals surface area contributed by atoms with Crippen molar-refractivity contribution in [3.8, 4) is 5.75 Å². The predicted molar refractivity (Wildman–Crippen MR) is 128 cm³/mol. The lowest BCUT2D eigenvalue weighted by Crippen LogP contribution is -2.35. The summed E-state index contributed by atoms with van der Waals surface area (Å²) >= 11 is 9.41. The minimum Gasteiger partial charge on any atom is -0.484 e. The molecule has 1 atom stereocenters. The van der Waals surface area contributed by atoms with E-state index in [1.165, 1.54) is 0 Å². The smallest absolute Gasteiger partial charge is 0.262 e. The number of carbonyl (C=O) groups is 3. The average molecular weight is 523 g/mol. The Bertz CT molecular complexity index is 997. The lowest BCUT2D eigenvalue weighted by atomic mass is 10.1. The van der Waals surface area contributed by atoms with Crippen LogP contribution in [0, 0.1) is 11.8 Å². The van der Waals surface area contributed by atoms with Crippen LogP contribution in [-0.4, -0.2) is 37.4 Å². The standard InChI is InChI=1S/C23H25BrClN3O4/c1-14(2)11-26-23(31)15-9-22(30)28(12-15)17-4-6-18(7-5-17)32-13-21(29)27-20-8-3-16(24)10-19(20)25/h3-8,10,14-15H,9,11-13H2,1-2H3,(H,26,31)(H,27,29)/t15-/m0/s1. The lowest BCUT2D eigenvalue weighted by molar-refractivity contribution is -0.126. The first-order chi connectivity index (χ1) is 15.2. The first kappa shape index (κ1) is 24.1. The third-order valence-corrected chi connectivity index (χ3v) is 5.71. The number of amides is 3. The van der Waals surface area contributed by atoms with Crippen molar-refractivity contribution >= 4 is 56.6 Å². The second kappa shape index (κ2) is 10.8. The minimum absolute atomic E-state index is 0.0888. The van der Waals surface area contributed by atoms with E-state index in [0.717, 1.165) is 4.47 Å². The molecule has 2 N–H and O–H groups in total. The monoisotopic (exact) mass is 521 g/mol. The van der Waals surface area contributed by atoms with E-state index in [-0.39, 0.29) is 36.7 Å². The summed E-state index contributed by atoms with van der Waals surface area (Å²) in [6.07, 6.45) is 0.195. The topological polar surface area (TPSA) is 87.7 Å². The molecule has 9 heteroatoms. The summed E-state index contributed by atoms with van der Waals surface area (Å²) in [5, 5.41) is 6.00. The first-order valence-corrected chi connectivity index (χ1v) is 11.5. The molecular weight excluding hydrogens is 498 g/mol. The van der Waals surface area contributed by atoms with Gasteiger partial charge in [-0.3, -0.25) is 14.4 Å². The van der Waals surface area contributed by atoms with Crippen LogP contribution in [-0.2, 0) is 14.4 Å². The number of rotatable bonds is 8. The summed E-state index contributed by atoms with van der Waals surface area (Å²) in [5.74, 6) is -0.0348. The van der Waals surface area contributed by atoms with Crippen LogP contribution < -0.4 is 20.3 Å². The van der Waals surface area contributed by atoms with Crippen LogP contribution in [0.1, 0.15) is 20.3 Å². The number of nitrogens with one attached hydrogen (secondary N) is 2. The third kappa shape index (κ3) is 6.46. The van der Waals surface area contributed by atoms with Crippen molar-refractivity contribution in [3.05, 3.63) is 52.0 Å². The largest absolute Gasteiger partial charge is 0.484 e. The van der Waals surface area contributed by atoms with E-state index in [1.807, 2.05) is 13.8 Å². The molecule has 0 spiro atoms. The van der Waals surface area contributed by atoms with Crippen LogP contribution in [0.25, 0.3) is 0 Å². The Kier molecular flexibility index (Phi) is 8.15. The van der Waals surface area contributed by atoms with Crippen LogP contribution in [0.4, 0.5) is 11.4 Å². The minimum atomic E-state index is -0.355. The first-order valence-electron chi connectivity index (χ1n) is 10.3.